The average molecular weight is 311 g/mol. The van der Waals surface area contributed by atoms with Crippen molar-refractivity contribution in [2.24, 2.45) is 0 Å². The number of halogens is 1. The Labute approximate surface area is 133 Å². The molecule has 1 amide bonds. The molecule has 1 N–H and O–H groups in total. The number of anilines is 1. The smallest absolute Gasteiger partial charge is 0.255 e. The molecule has 1 heterocycles. The first-order chi connectivity index (χ1) is 10.7. The fraction of sp³-hybridized carbons (Fsp3) is 0.111. The van der Waals surface area contributed by atoms with E-state index < -0.39 is 0 Å². The van der Waals surface area contributed by atoms with Crippen molar-refractivity contribution in [3.8, 4) is 0 Å². The summed E-state index contributed by atoms with van der Waals surface area (Å²) in [5, 5.41) is 4.23. The predicted octanol–water partition coefficient (Wildman–Crippen LogP) is 4.70. The number of benzene rings is 2. The van der Waals surface area contributed by atoms with Gasteiger partial charge in [-0.1, -0.05) is 30.7 Å². The zero-order chi connectivity index (χ0) is 15.5. The average Bonchev–Trinajstić information content (AvgIpc) is 2.55. The van der Waals surface area contributed by atoms with E-state index in [-0.39, 0.29) is 5.91 Å². The molecular formula is C18H15ClN2O. The molecule has 0 saturated heterocycles. The molecule has 110 valence electrons. The van der Waals surface area contributed by atoms with Crippen LogP contribution in [0.3, 0.4) is 0 Å². The topological polar surface area (TPSA) is 42.0 Å². The van der Waals surface area contributed by atoms with Crippen molar-refractivity contribution in [1.29, 1.82) is 0 Å². The highest BCUT2D eigenvalue weighted by atomic mass is 35.5. The number of aromatic nitrogens is 1. The number of hydrogen-bond acceptors (Lipinski definition) is 2. The molecule has 3 nitrogen and oxygen atoms in total. The maximum absolute atomic E-state index is 12.3. The molecule has 3 rings (SSSR count). The Morgan fingerprint density at radius 2 is 1.86 bits per heavy atom. The number of nitrogens with one attached hydrogen (secondary N) is 1. The second-order valence-corrected chi connectivity index (χ2v) is 5.43. The fourth-order valence-electron chi connectivity index (χ4n) is 2.27. The van der Waals surface area contributed by atoms with Gasteiger partial charge in [-0.3, -0.25) is 4.79 Å². The Kier molecular flexibility index (Phi) is 4.07. The van der Waals surface area contributed by atoms with Crippen LogP contribution in [0.15, 0.2) is 54.6 Å². The van der Waals surface area contributed by atoms with Crippen molar-refractivity contribution in [3.63, 3.8) is 0 Å². The van der Waals surface area contributed by atoms with Crippen LogP contribution in [0, 0.1) is 0 Å². The van der Waals surface area contributed by atoms with E-state index in [2.05, 4.69) is 17.2 Å². The molecule has 0 spiro atoms. The molecule has 3 aromatic rings. The first-order valence-electron chi connectivity index (χ1n) is 7.12. The zero-order valence-electron chi connectivity index (χ0n) is 12.1. The Balaban J connectivity index is 1.83. The van der Waals surface area contributed by atoms with Crippen LogP contribution in [0.5, 0.6) is 0 Å². The van der Waals surface area contributed by atoms with Gasteiger partial charge in [0, 0.05) is 16.6 Å². The SMILES string of the molecule is CCc1ccc(NC(=O)c2ccc3nc(Cl)ccc3c2)cc1. The van der Waals surface area contributed by atoms with Crippen molar-refractivity contribution in [1.82, 2.24) is 4.98 Å². The molecule has 0 aliphatic heterocycles. The number of pyridine rings is 1. The summed E-state index contributed by atoms with van der Waals surface area (Å²) in [6.07, 6.45) is 0.981. The molecule has 0 radical (unpaired) electrons. The van der Waals surface area contributed by atoms with Gasteiger partial charge in [-0.2, -0.15) is 0 Å². The molecular weight excluding hydrogens is 296 g/mol. The van der Waals surface area contributed by atoms with Crippen molar-refractivity contribution < 1.29 is 4.79 Å². The van der Waals surface area contributed by atoms with E-state index in [1.165, 1.54) is 5.56 Å². The molecule has 2 aromatic carbocycles. The van der Waals surface area contributed by atoms with E-state index in [1.807, 2.05) is 36.4 Å². The van der Waals surface area contributed by atoms with Gasteiger partial charge in [-0.05, 0) is 54.4 Å². The van der Waals surface area contributed by atoms with Crippen molar-refractivity contribution >= 4 is 34.1 Å². The van der Waals surface area contributed by atoms with Crippen LogP contribution >= 0.6 is 11.6 Å². The minimum absolute atomic E-state index is 0.138. The van der Waals surface area contributed by atoms with Crippen molar-refractivity contribution in [2.75, 3.05) is 5.32 Å². The third-order valence-corrected chi connectivity index (χ3v) is 3.75. The minimum atomic E-state index is -0.138. The highest BCUT2D eigenvalue weighted by Gasteiger charge is 2.07. The molecule has 0 unspecified atom stereocenters. The summed E-state index contributed by atoms with van der Waals surface area (Å²) in [4.78, 5) is 16.5. The third kappa shape index (κ3) is 3.10. The number of carbonyl (C=O) groups is 1. The first-order valence-corrected chi connectivity index (χ1v) is 7.50. The molecule has 0 bridgehead atoms. The normalized spacial score (nSPS) is 10.6. The lowest BCUT2D eigenvalue weighted by Crippen LogP contribution is -2.11. The second kappa shape index (κ2) is 6.16. The van der Waals surface area contributed by atoms with Gasteiger partial charge in [-0.15, -0.1) is 0 Å². The second-order valence-electron chi connectivity index (χ2n) is 5.05. The summed E-state index contributed by atoms with van der Waals surface area (Å²) >= 11 is 5.86. The van der Waals surface area contributed by atoms with Crippen molar-refractivity contribution in [2.45, 2.75) is 13.3 Å². The Morgan fingerprint density at radius 1 is 1.09 bits per heavy atom. The number of aryl methyl sites for hydroxylation is 1. The summed E-state index contributed by atoms with van der Waals surface area (Å²) < 4.78 is 0. The summed E-state index contributed by atoms with van der Waals surface area (Å²) in [5.74, 6) is -0.138. The number of amides is 1. The number of hydrogen-bond donors (Lipinski definition) is 1. The number of fused-ring (bicyclic) bond motifs is 1. The highest BCUT2D eigenvalue weighted by Crippen LogP contribution is 2.18. The van der Waals surface area contributed by atoms with Crippen LogP contribution in [0.2, 0.25) is 5.15 Å². The molecule has 4 heteroatoms. The summed E-state index contributed by atoms with van der Waals surface area (Å²) in [6, 6.07) is 16.8. The molecule has 0 atom stereocenters. The standard InChI is InChI=1S/C18H15ClN2O/c1-2-12-3-7-15(8-4-12)20-18(22)14-5-9-16-13(11-14)6-10-17(19)21-16/h3-11H,2H2,1H3,(H,20,22). The fourth-order valence-corrected chi connectivity index (χ4v) is 2.42. The minimum Gasteiger partial charge on any atom is -0.322 e. The molecule has 22 heavy (non-hydrogen) atoms. The Bertz CT molecular complexity index is 828. The maximum Gasteiger partial charge on any atom is 0.255 e. The van der Waals surface area contributed by atoms with E-state index in [4.69, 9.17) is 11.6 Å². The lowest BCUT2D eigenvalue weighted by Gasteiger charge is -2.07. The van der Waals surface area contributed by atoms with Gasteiger partial charge in [0.2, 0.25) is 0 Å². The van der Waals surface area contributed by atoms with Gasteiger partial charge < -0.3 is 5.32 Å². The van der Waals surface area contributed by atoms with E-state index in [0.717, 1.165) is 23.0 Å². The van der Waals surface area contributed by atoms with Gasteiger partial charge in [0.15, 0.2) is 0 Å². The number of rotatable bonds is 3. The Morgan fingerprint density at radius 3 is 2.59 bits per heavy atom. The largest absolute Gasteiger partial charge is 0.322 e. The van der Waals surface area contributed by atoms with Crippen LogP contribution < -0.4 is 5.32 Å². The van der Waals surface area contributed by atoms with Gasteiger partial charge in [0.25, 0.3) is 5.91 Å². The van der Waals surface area contributed by atoms with E-state index in [1.54, 1.807) is 18.2 Å². The molecule has 0 aliphatic rings. The maximum atomic E-state index is 12.3. The van der Waals surface area contributed by atoms with Gasteiger partial charge in [0.05, 0.1) is 5.52 Å². The Hall–Kier alpha value is -2.39. The van der Waals surface area contributed by atoms with Crippen molar-refractivity contribution in [3.05, 3.63) is 70.9 Å². The summed E-state index contributed by atoms with van der Waals surface area (Å²) in [5.41, 5.74) is 3.40. The van der Waals surface area contributed by atoms with Crippen LogP contribution in [0.4, 0.5) is 5.69 Å². The summed E-state index contributed by atoms with van der Waals surface area (Å²) in [7, 11) is 0. The molecule has 0 aliphatic carbocycles. The van der Waals surface area contributed by atoms with Crippen LogP contribution in [-0.4, -0.2) is 10.9 Å². The molecule has 0 saturated carbocycles. The van der Waals surface area contributed by atoms with Crippen LogP contribution in [0.1, 0.15) is 22.8 Å². The van der Waals surface area contributed by atoms with E-state index in [0.29, 0.717) is 10.7 Å². The summed E-state index contributed by atoms with van der Waals surface area (Å²) in [6.45, 7) is 2.10. The van der Waals surface area contributed by atoms with Gasteiger partial charge in [-0.25, -0.2) is 4.98 Å². The van der Waals surface area contributed by atoms with Crippen LogP contribution in [-0.2, 0) is 6.42 Å². The lowest BCUT2D eigenvalue weighted by atomic mass is 10.1. The first kappa shape index (κ1) is 14.5. The number of carbonyl (C=O) groups excluding carboxylic acids is 1. The van der Waals surface area contributed by atoms with E-state index >= 15 is 0 Å². The van der Waals surface area contributed by atoms with Crippen LogP contribution in [0.25, 0.3) is 10.9 Å². The quantitative estimate of drug-likeness (QED) is 0.712. The van der Waals surface area contributed by atoms with E-state index in [9.17, 15) is 4.79 Å². The highest BCUT2D eigenvalue weighted by molar-refractivity contribution is 6.29. The predicted molar refractivity (Wildman–Crippen MR) is 90.5 cm³/mol. The number of nitrogens with zero attached hydrogens (tertiary/aromatic N) is 1. The zero-order valence-corrected chi connectivity index (χ0v) is 12.9. The lowest BCUT2D eigenvalue weighted by molar-refractivity contribution is 0.102. The molecule has 1 aromatic heterocycles. The van der Waals surface area contributed by atoms with Gasteiger partial charge >= 0.3 is 0 Å². The monoisotopic (exact) mass is 310 g/mol. The third-order valence-electron chi connectivity index (χ3n) is 3.54. The van der Waals surface area contributed by atoms with Gasteiger partial charge in [0.1, 0.15) is 5.15 Å². The molecule has 0 fully saturated rings.